The lowest BCUT2D eigenvalue weighted by Gasteiger charge is -2.25. The van der Waals surface area contributed by atoms with Crippen LogP contribution in [0.3, 0.4) is 0 Å². The highest BCUT2D eigenvalue weighted by molar-refractivity contribution is 8.82. The van der Waals surface area contributed by atoms with E-state index in [9.17, 15) is 9.59 Å². The summed E-state index contributed by atoms with van der Waals surface area (Å²) in [5.74, 6) is 0.0513. The van der Waals surface area contributed by atoms with E-state index < -0.39 is 11.6 Å². The van der Waals surface area contributed by atoms with Crippen LogP contribution < -0.4 is 5.73 Å². The van der Waals surface area contributed by atoms with E-state index in [1.165, 1.54) is 10.8 Å². The van der Waals surface area contributed by atoms with Gasteiger partial charge < -0.3 is 10.5 Å². The van der Waals surface area contributed by atoms with Gasteiger partial charge in [-0.1, -0.05) is 10.8 Å². The lowest BCUT2D eigenvalue weighted by atomic mass is 10.1. The van der Waals surface area contributed by atoms with E-state index in [2.05, 4.69) is 12.6 Å². The van der Waals surface area contributed by atoms with Gasteiger partial charge in [-0.3, -0.25) is 9.59 Å². The van der Waals surface area contributed by atoms with Crippen LogP contribution >= 0.6 is 34.2 Å². The third-order valence-corrected chi connectivity index (χ3v) is 5.47. The molecule has 0 aliphatic heterocycles. The van der Waals surface area contributed by atoms with Crippen LogP contribution in [-0.2, 0) is 14.3 Å². The summed E-state index contributed by atoms with van der Waals surface area (Å²) in [6.07, 6.45) is 0.241. The van der Waals surface area contributed by atoms with Gasteiger partial charge in [-0.15, -0.1) is 0 Å². The minimum Gasteiger partial charge on any atom is -0.460 e. The number of carbonyl (C=O) groups is 2. The fourth-order valence-corrected chi connectivity index (χ4v) is 3.50. The van der Waals surface area contributed by atoms with Gasteiger partial charge in [-0.05, 0) is 45.4 Å². The number of thiol groups is 1. The van der Waals surface area contributed by atoms with Crippen molar-refractivity contribution in [3.8, 4) is 0 Å². The topological polar surface area (TPSA) is 69.4 Å². The van der Waals surface area contributed by atoms with Crippen molar-refractivity contribution in [2.24, 2.45) is 5.73 Å². The molecule has 0 spiro atoms. The lowest BCUT2D eigenvalue weighted by Crippen LogP contribution is -2.31. The molecular weight excluding hydrogens is 302 g/mol. The third kappa shape index (κ3) is 9.65. The Morgan fingerprint density at radius 2 is 1.79 bits per heavy atom. The van der Waals surface area contributed by atoms with E-state index in [1.54, 1.807) is 0 Å². The second-order valence-corrected chi connectivity index (χ2v) is 9.00. The smallest absolute Gasteiger partial charge is 0.307 e. The highest BCUT2D eigenvalue weighted by atomic mass is 33.1. The number of carbonyl (C=O) groups excluding carboxylic acids is 2. The average molecular weight is 326 g/mol. The molecule has 0 aliphatic rings. The molecular formula is C12H23NO3S3. The number of hydrogen-bond donors (Lipinski definition) is 2. The van der Waals surface area contributed by atoms with Crippen molar-refractivity contribution in [3.63, 3.8) is 0 Å². The Morgan fingerprint density at radius 1 is 1.26 bits per heavy atom. The van der Waals surface area contributed by atoms with Gasteiger partial charge in [0.05, 0.1) is 12.5 Å². The summed E-state index contributed by atoms with van der Waals surface area (Å²) in [5.41, 5.74) is 5.09. The Balaban J connectivity index is 4.25. The Kier molecular flexibility index (Phi) is 7.87. The average Bonchev–Trinajstić information content (AvgIpc) is 2.21. The van der Waals surface area contributed by atoms with Gasteiger partial charge in [0.25, 0.3) is 0 Å². The third-order valence-electron chi connectivity index (χ3n) is 1.84. The van der Waals surface area contributed by atoms with Crippen LogP contribution in [-0.4, -0.2) is 33.2 Å². The van der Waals surface area contributed by atoms with Crippen molar-refractivity contribution < 1.29 is 14.3 Å². The molecule has 7 heteroatoms. The van der Waals surface area contributed by atoms with Crippen LogP contribution in [0, 0.1) is 0 Å². The zero-order valence-corrected chi connectivity index (χ0v) is 14.6. The molecule has 19 heavy (non-hydrogen) atoms. The van der Waals surface area contributed by atoms with Crippen LogP contribution in [0.25, 0.3) is 0 Å². The molecule has 0 aliphatic carbocycles. The molecule has 1 atom stereocenters. The van der Waals surface area contributed by atoms with Crippen LogP contribution in [0.15, 0.2) is 0 Å². The highest BCUT2D eigenvalue weighted by Gasteiger charge is 2.28. The predicted molar refractivity (Wildman–Crippen MR) is 86.6 cm³/mol. The zero-order valence-electron chi connectivity index (χ0n) is 12.1. The number of nitrogens with two attached hydrogens (primary N) is 1. The molecule has 0 saturated heterocycles. The summed E-state index contributed by atoms with van der Waals surface area (Å²) >= 11 is 3.98. The Labute approximate surface area is 128 Å². The van der Waals surface area contributed by atoms with Crippen LogP contribution in [0.1, 0.15) is 41.0 Å². The molecule has 0 saturated carbocycles. The maximum absolute atomic E-state index is 11.7. The first kappa shape index (κ1) is 19.1. The number of hydrogen-bond acceptors (Lipinski definition) is 7. The lowest BCUT2D eigenvalue weighted by molar-refractivity contribution is -0.155. The molecule has 0 aromatic carbocycles. The Bertz CT molecular complexity index is 327. The minimum atomic E-state index is -0.571. The molecule has 0 aromatic rings. The first-order chi connectivity index (χ1) is 8.47. The molecule has 0 rings (SSSR count). The molecule has 0 radical (unpaired) electrons. The van der Waals surface area contributed by atoms with Crippen molar-refractivity contribution in [1.82, 2.24) is 0 Å². The van der Waals surface area contributed by atoms with Crippen LogP contribution in [0.2, 0.25) is 0 Å². The van der Waals surface area contributed by atoms with Gasteiger partial charge in [0.1, 0.15) is 5.60 Å². The SMILES string of the molecule is CC(C)(C)OC(=O)CC(C)(C)SSC(=O)[C@@H](N)CS. The van der Waals surface area contributed by atoms with Crippen molar-refractivity contribution in [1.29, 1.82) is 0 Å². The number of ether oxygens (including phenoxy) is 1. The second-order valence-electron chi connectivity index (χ2n) is 5.80. The minimum absolute atomic E-state index is 0.128. The highest BCUT2D eigenvalue weighted by Crippen LogP contribution is 2.39. The summed E-state index contributed by atoms with van der Waals surface area (Å²) < 4.78 is 4.88. The number of rotatable bonds is 6. The first-order valence-corrected chi connectivity index (χ1v) is 8.73. The summed E-state index contributed by atoms with van der Waals surface area (Å²) in [6.45, 7) is 9.28. The van der Waals surface area contributed by atoms with E-state index in [-0.39, 0.29) is 22.3 Å². The molecule has 0 amide bonds. The fourth-order valence-electron chi connectivity index (χ4n) is 1.04. The van der Waals surface area contributed by atoms with Crippen molar-refractivity contribution in [3.05, 3.63) is 0 Å². The summed E-state index contributed by atoms with van der Waals surface area (Å²) in [5, 5.41) is -0.128. The van der Waals surface area contributed by atoms with Gasteiger partial charge in [0.2, 0.25) is 5.12 Å². The Morgan fingerprint density at radius 3 is 2.21 bits per heavy atom. The molecule has 0 heterocycles. The summed E-state index contributed by atoms with van der Waals surface area (Å²) in [4.78, 5) is 23.3. The van der Waals surface area contributed by atoms with Gasteiger partial charge >= 0.3 is 5.97 Å². The number of esters is 1. The van der Waals surface area contributed by atoms with Crippen molar-refractivity contribution >= 4 is 45.3 Å². The normalized spacial score (nSPS) is 14.1. The summed E-state index contributed by atoms with van der Waals surface area (Å²) in [6, 6.07) is -0.571. The van der Waals surface area contributed by atoms with E-state index in [0.29, 0.717) is 5.75 Å². The van der Waals surface area contributed by atoms with Gasteiger partial charge in [-0.25, -0.2) is 0 Å². The van der Waals surface area contributed by atoms with E-state index in [1.807, 2.05) is 34.6 Å². The largest absolute Gasteiger partial charge is 0.460 e. The second kappa shape index (κ2) is 7.81. The van der Waals surface area contributed by atoms with Crippen LogP contribution in [0.4, 0.5) is 0 Å². The Hall–Kier alpha value is 0.150. The molecule has 112 valence electrons. The standard InChI is InChI=1S/C12H23NO3S3/c1-11(2,3)16-9(14)6-12(4,5)19-18-10(15)8(13)7-17/h8,17H,6-7,13H2,1-5H3/t8-/m0/s1. The van der Waals surface area contributed by atoms with Crippen molar-refractivity contribution in [2.45, 2.75) is 57.4 Å². The molecule has 0 aromatic heterocycles. The maximum atomic E-state index is 11.7. The molecule has 2 N–H and O–H groups in total. The maximum Gasteiger partial charge on any atom is 0.307 e. The van der Waals surface area contributed by atoms with E-state index in [4.69, 9.17) is 10.5 Å². The first-order valence-electron chi connectivity index (χ1n) is 5.95. The predicted octanol–water partition coefficient (Wildman–Crippen LogP) is 2.66. The molecule has 0 bridgehead atoms. The quantitative estimate of drug-likeness (QED) is 0.444. The van der Waals surface area contributed by atoms with Gasteiger partial charge in [-0.2, -0.15) is 12.6 Å². The van der Waals surface area contributed by atoms with Gasteiger partial charge in [0.15, 0.2) is 0 Å². The summed E-state index contributed by atoms with van der Waals surface area (Å²) in [7, 11) is 2.41. The van der Waals surface area contributed by atoms with Crippen molar-refractivity contribution in [2.75, 3.05) is 5.75 Å². The van der Waals surface area contributed by atoms with Crippen LogP contribution in [0.5, 0.6) is 0 Å². The monoisotopic (exact) mass is 325 g/mol. The zero-order chi connectivity index (χ0) is 15.3. The van der Waals surface area contributed by atoms with E-state index in [0.717, 1.165) is 10.8 Å². The molecule has 0 fully saturated rings. The van der Waals surface area contributed by atoms with Gasteiger partial charge in [0, 0.05) is 10.5 Å². The molecule has 4 nitrogen and oxygen atoms in total. The molecule has 0 unspecified atom stereocenters. The van der Waals surface area contributed by atoms with E-state index >= 15 is 0 Å². The fraction of sp³-hybridized carbons (Fsp3) is 0.833.